The van der Waals surface area contributed by atoms with Gasteiger partial charge >= 0.3 is 0 Å². The number of aromatic nitrogens is 6. The molecular formula is C51H59IrN10-5. The quantitative estimate of drug-likeness (QED) is 0.0612. The number of rotatable bonds is 14. The van der Waals surface area contributed by atoms with E-state index in [-0.39, 0.29) is 20.1 Å². The van der Waals surface area contributed by atoms with Crippen molar-refractivity contribution >= 4 is 11.4 Å². The molecule has 2 aliphatic heterocycles. The Hall–Kier alpha value is -5.51. The summed E-state index contributed by atoms with van der Waals surface area (Å²) in [4.78, 5) is 9.35. The second-order valence-electron chi connectivity index (χ2n) is 16.5. The molecule has 4 heterocycles. The van der Waals surface area contributed by atoms with E-state index in [1.54, 1.807) is 14.0 Å². The van der Waals surface area contributed by atoms with Crippen LogP contribution >= 0.6 is 0 Å². The average Bonchev–Trinajstić information content (AvgIpc) is 4.02. The number of anilines is 2. The number of aryl methyl sites for hydroxylation is 1. The third-order valence-corrected chi connectivity index (χ3v) is 11.5. The fraction of sp³-hybridized carbons (Fsp3) is 0.333. The van der Waals surface area contributed by atoms with Crippen LogP contribution in [0.25, 0.3) is 11.4 Å². The largest absolute Gasteiger partial charge is 0.505 e. The molecule has 0 saturated carbocycles. The number of unbranched alkanes of at least 4 members (excludes halogenated alkanes) is 1. The zero-order chi connectivity index (χ0) is 43.0. The summed E-state index contributed by atoms with van der Waals surface area (Å²) in [5.41, 5.74) is 13.9. The van der Waals surface area contributed by atoms with Gasteiger partial charge in [-0.1, -0.05) is 100 Å². The van der Waals surface area contributed by atoms with Crippen molar-refractivity contribution in [3.05, 3.63) is 180 Å². The molecule has 6 aromatic rings. The SMILES string of the molecule is CC1=C(C)N(c2[c-]ccc(C(C)C)c2)[CH-]N1CCCCN1[CH-]N(c2[c-]ccc(C(C)C)c2)C(C)=C1C.Cn1n[n+](Cc2ccccc2)[c-]c1-c1[c-]n(Cc2ccccc2)nn1.[Ir]. The Morgan fingerprint density at radius 2 is 1.16 bits per heavy atom. The van der Waals surface area contributed by atoms with Crippen LogP contribution in [0.3, 0.4) is 0 Å². The van der Waals surface area contributed by atoms with Crippen molar-refractivity contribution in [1.29, 1.82) is 0 Å². The molecule has 4 aromatic carbocycles. The molecule has 1 radical (unpaired) electrons. The molecular weight excluding hydrogens is 945 g/mol. The Kier molecular flexibility index (Phi) is 15.6. The van der Waals surface area contributed by atoms with Crippen LogP contribution in [0.1, 0.15) is 102 Å². The summed E-state index contributed by atoms with van der Waals surface area (Å²) in [7, 11) is 1.87. The minimum Gasteiger partial charge on any atom is -0.505 e. The molecule has 0 N–H and O–H groups in total. The van der Waals surface area contributed by atoms with Crippen LogP contribution in [-0.4, -0.2) is 47.8 Å². The van der Waals surface area contributed by atoms with E-state index in [9.17, 15) is 0 Å². The molecule has 0 aliphatic carbocycles. The molecule has 10 nitrogen and oxygen atoms in total. The van der Waals surface area contributed by atoms with Crippen LogP contribution in [-0.2, 0) is 40.2 Å². The molecule has 0 unspecified atom stereocenters. The zero-order valence-corrected chi connectivity index (χ0v) is 40.0. The third-order valence-electron chi connectivity index (χ3n) is 11.5. The van der Waals surface area contributed by atoms with E-state index in [0.29, 0.717) is 30.6 Å². The maximum absolute atomic E-state index is 4.46. The normalized spacial score (nSPS) is 14.0. The van der Waals surface area contributed by atoms with E-state index < -0.39 is 0 Å². The third kappa shape index (κ3) is 11.1. The minimum absolute atomic E-state index is 0. The van der Waals surface area contributed by atoms with E-state index in [0.717, 1.165) is 48.6 Å². The van der Waals surface area contributed by atoms with Crippen molar-refractivity contribution in [2.24, 2.45) is 7.05 Å². The number of nitrogens with zero attached hydrogens (tertiary/aromatic N) is 10. The van der Waals surface area contributed by atoms with Gasteiger partial charge in [-0.25, -0.2) is 15.6 Å². The summed E-state index contributed by atoms with van der Waals surface area (Å²) >= 11 is 0. The summed E-state index contributed by atoms with van der Waals surface area (Å²) < 4.78 is 5.22. The standard InChI is InChI=1S/C32H42N4.C19H17N6.Ir/c1-23(2)29-13-11-15-31(19-29)35-21-33(25(5)27(35)7)17-9-10-18-34-22-36(28(8)26(34)6)32-16-12-14-30(20-32)24(3)4;1-23-19(15-25(22-23)13-17-10-6-3-7-11-17)18-14-24(21-20-18)12-16-8-4-2-5-9-16;/h11-14,19-24H,9-10,17-18H2,1-8H3;2-11H,12-13H2,1H3;/q-4;-1;. The molecule has 0 saturated heterocycles. The molecule has 0 atom stereocenters. The number of hydrogen-bond donors (Lipinski definition) is 0. The Bertz CT molecular complexity index is 2340. The van der Waals surface area contributed by atoms with Crippen LogP contribution in [0.15, 0.2) is 120 Å². The Labute approximate surface area is 383 Å². The van der Waals surface area contributed by atoms with E-state index in [1.165, 1.54) is 39.5 Å². The first-order valence-corrected chi connectivity index (χ1v) is 21.4. The van der Waals surface area contributed by atoms with Gasteiger partial charge in [0.1, 0.15) is 6.54 Å². The number of hydrogen-bond acceptors (Lipinski definition) is 7. The van der Waals surface area contributed by atoms with Gasteiger partial charge in [-0.05, 0) is 88.0 Å². The van der Waals surface area contributed by atoms with E-state index in [1.807, 2.05) is 55.6 Å². The van der Waals surface area contributed by atoms with Crippen molar-refractivity contribution in [2.45, 2.75) is 93.2 Å². The predicted molar refractivity (Wildman–Crippen MR) is 243 cm³/mol. The summed E-state index contributed by atoms with van der Waals surface area (Å²) in [6.45, 7) is 25.6. The van der Waals surface area contributed by atoms with Gasteiger partial charge in [0.25, 0.3) is 0 Å². The van der Waals surface area contributed by atoms with Crippen molar-refractivity contribution in [3.8, 4) is 11.4 Å². The summed E-state index contributed by atoms with van der Waals surface area (Å²) in [5, 5.41) is 12.8. The van der Waals surface area contributed by atoms with E-state index in [4.69, 9.17) is 0 Å². The molecule has 11 heteroatoms. The average molecular weight is 1000 g/mol. The van der Waals surface area contributed by atoms with E-state index in [2.05, 4.69) is 177 Å². The first kappa shape index (κ1) is 46.0. The van der Waals surface area contributed by atoms with Gasteiger partial charge in [0.05, 0.1) is 7.05 Å². The van der Waals surface area contributed by atoms with Gasteiger partial charge in [0, 0.05) is 43.3 Å². The smallest absolute Gasteiger partial charge is 0.116 e. The predicted octanol–water partition coefficient (Wildman–Crippen LogP) is 9.66. The van der Waals surface area contributed by atoms with Gasteiger partial charge in [-0.3, -0.25) is 5.10 Å². The second-order valence-corrected chi connectivity index (χ2v) is 16.5. The molecule has 2 aliphatic rings. The first-order valence-electron chi connectivity index (χ1n) is 21.4. The molecule has 62 heavy (non-hydrogen) atoms. The molecule has 327 valence electrons. The van der Waals surface area contributed by atoms with Gasteiger partial charge in [-0.15, -0.1) is 28.7 Å². The maximum Gasteiger partial charge on any atom is 0.116 e. The monoisotopic (exact) mass is 1000 g/mol. The molecule has 0 bridgehead atoms. The van der Waals surface area contributed by atoms with E-state index >= 15 is 0 Å². The van der Waals surface area contributed by atoms with Crippen LogP contribution in [0.2, 0.25) is 0 Å². The van der Waals surface area contributed by atoms with Crippen LogP contribution in [0.5, 0.6) is 0 Å². The van der Waals surface area contributed by atoms with Crippen molar-refractivity contribution in [3.63, 3.8) is 0 Å². The Morgan fingerprint density at radius 3 is 1.66 bits per heavy atom. The van der Waals surface area contributed by atoms with Crippen LogP contribution < -0.4 is 14.5 Å². The minimum atomic E-state index is 0. The van der Waals surface area contributed by atoms with Crippen LogP contribution in [0.4, 0.5) is 11.4 Å². The van der Waals surface area contributed by atoms with Crippen molar-refractivity contribution < 1.29 is 24.8 Å². The molecule has 0 spiro atoms. The van der Waals surface area contributed by atoms with Gasteiger partial charge in [0.15, 0.2) is 0 Å². The summed E-state index contributed by atoms with van der Waals surface area (Å²) in [5.74, 6) is 1.03. The van der Waals surface area contributed by atoms with Crippen LogP contribution in [0, 0.1) is 37.9 Å². The molecule has 0 amide bonds. The van der Waals surface area contributed by atoms with Gasteiger partial charge in [-0.2, -0.15) is 66.6 Å². The Morgan fingerprint density at radius 1 is 0.661 bits per heavy atom. The van der Waals surface area contributed by atoms with Gasteiger partial charge in [0.2, 0.25) is 0 Å². The topological polar surface area (TPSA) is 65.4 Å². The number of allylic oxidation sites excluding steroid dienone is 4. The fourth-order valence-electron chi connectivity index (χ4n) is 7.48. The molecule has 0 fully saturated rings. The Balaban J connectivity index is 0.000000216. The number of benzene rings is 4. The first-order chi connectivity index (χ1) is 29.4. The maximum atomic E-state index is 4.46. The summed E-state index contributed by atoms with van der Waals surface area (Å²) in [6.07, 6.45) is 8.70. The fourth-order valence-corrected chi connectivity index (χ4v) is 7.48. The van der Waals surface area contributed by atoms with Crippen molar-refractivity contribution in [1.82, 2.24) is 34.7 Å². The van der Waals surface area contributed by atoms with Gasteiger partial charge < -0.3 is 24.3 Å². The molecule has 2 aromatic heterocycles. The zero-order valence-electron chi connectivity index (χ0n) is 37.6. The second kappa shape index (κ2) is 21.0. The van der Waals surface area contributed by atoms with Crippen molar-refractivity contribution in [2.75, 3.05) is 22.9 Å². The molecule has 8 rings (SSSR count). The summed E-state index contributed by atoms with van der Waals surface area (Å²) in [6, 6.07) is 40.1.